The predicted molar refractivity (Wildman–Crippen MR) is 245 cm³/mol. The molecular formula is C44H63N9O9S2. The lowest BCUT2D eigenvalue weighted by Crippen LogP contribution is -2.59. The van der Waals surface area contributed by atoms with Crippen molar-refractivity contribution in [3.05, 3.63) is 41.8 Å². The molecule has 3 aromatic rings. The average molecular weight is 926 g/mol. The van der Waals surface area contributed by atoms with Crippen molar-refractivity contribution >= 4 is 61.4 Å². The SMILES string of the molecule is COc1ccc2c(O[C@@H]3C[C@H]4C(=O)N[C@]5(C(=O)O)CC5/C=C\CCCCC[C@H](NC(=O)N[C@H](CN(C)S(=O)(=O)N(C)C)C(C)(C)C)C(=O)N4C3)cc(-c3csc(NC(C)C)n3)nc2c1. The van der Waals surface area contributed by atoms with Crippen LogP contribution < -0.4 is 30.7 Å². The second-order valence-electron chi connectivity index (χ2n) is 18.5. The highest BCUT2D eigenvalue weighted by molar-refractivity contribution is 7.86. The molecule has 0 radical (unpaired) electrons. The van der Waals surface area contributed by atoms with Crippen LogP contribution in [0.5, 0.6) is 11.5 Å². The lowest BCUT2D eigenvalue weighted by molar-refractivity contribution is -0.145. The zero-order chi connectivity index (χ0) is 46.7. The number of carbonyl (C=O) groups is 4. The average Bonchev–Trinajstić information content (AvgIpc) is 3.48. The second-order valence-corrected chi connectivity index (χ2v) is 21.6. The van der Waals surface area contributed by atoms with Crippen LogP contribution in [0.2, 0.25) is 0 Å². The number of anilines is 1. The summed E-state index contributed by atoms with van der Waals surface area (Å²) in [4.78, 5) is 67.0. The van der Waals surface area contributed by atoms with E-state index in [0.717, 1.165) is 22.3 Å². The van der Waals surface area contributed by atoms with Crippen LogP contribution in [-0.2, 0) is 24.6 Å². The number of ether oxygens (including phenoxy) is 2. The highest BCUT2D eigenvalue weighted by atomic mass is 32.2. The van der Waals surface area contributed by atoms with Gasteiger partial charge in [-0.2, -0.15) is 17.0 Å². The van der Waals surface area contributed by atoms with E-state index < -0.39 is 75.1 Å². The normalized spacial score (nSPS) is 24.3. The fraction of sp³-hybridized carbons (Fsp3) is 0.591. The maximum absolute atomic E-state index is 14.9. The Morgan fingerprint density at radius 2 is 1.84 bits per heavy atom. The quantitative estimate of drug-likeness (QED) is 0.145. The first-order chi connectivity index (χ1) is 30.1. The summed E-state index contributed by atoms with van der Waals surface area (Å²) in [6.07, 6.45) is 6.32. The molecule has 5 N–H and O–H groups in total. The number of amides is 4. The molecule has 3 aliphatic rings. The molecule has 1 saturated heterocycles. The van der Waals surface area contributed by atoms with E-state index in [1.165, 1.54) is 41.7 Å². The van der Waals surface area contributed by atoms with Gasteiger partial charge in [0.2, 0.25) is 11.8 Å². The Morgan fingerprint density at radius 1 is 1.09 bits per heavy atom. The Hall–Kier alpha value is -5.05. The minimum atomic E-state index is -3.80. The largest absolute Gasteiger partial charge is 0.497 e. The first kappa shape index (κ1) is 48.4. The van der Waals surface area contributed by atoms with Gasteiger partial charge in [0, 0.05) is 75.0 Å². The zero-order valence-electron chi connectivity index (χ0n) is 38.1. The van der Waals surface area contributed by atoms with Crippen LogP contribution in [0, 0.1) is 11.3 Å². The monoisotopic (exact) mass is 925 g/mol. The maximum atomic E-state index is 14.9. The topological polar surface area (TPSA) is 225 Å². The molecule has 350 valence electrons. The van der Waals surface area contributed by atoms with E-state index in [0.29, 0.717) is 46.6 Å². The predicted octanol–water partition coefficient (Wildman–Crippen LogP) is 4.84. The number of thiazole rings is 1. The van der Waals surface area contributed by atoms with Gasteiger partial charge < -0.3 is 40.7 Å². The molecule has 0 bridgehead atoms. The van der Waals surface area contributed by atoms with Crippen molar-refractivity contribution in [1.29, 1.82) is 0 Å². The summed E-state index contributed by atoms with van der Waals surface area (Å²) in [6, 6.07) is 3.79. The molecule has 2 aromatic heterocycles. The molecule has 1 aliphatic carbocycles. The Balaban J connectivity index is 1.32. The van der Waals surface area contributed by atoms with Crippen LogP contribution >= 0.6 is 11.3 Å². The number of likely N-dealkylation sites (N-methyl/N-ethyl adjacent to an activating group) is 1. The number of carboxylic acid groups (broad SMARTS) is 1. The number of benzene rings is 1. The Labute approximate surface area is 379 Å². The number of nitrogens with one attached hydrogen (secondary N) is 4. The van der Waals surface area contributed by atoms with Gasteiger partial charge in [-0.15, -0.1) is 11.3 Å². The lowest BCUT2D eigenvalue weighted by atomic mass is 9.87. The fourth-order valence-electron chi connectivity index (χ4n) is 8.09. The van der Waals surface area contributed by atoms with Crippen molar-refractivity contribution in [3.8, 4) is 22.9 Å². The van der Waals surface area contributed by atoms with Gasteiger partial charge in [-0.1, -0.05) is 45.8 Å². The highest BCUT2D eigenvalue weighted by Crippen LogP contribution is 2.45. The number of aromatic nitrogens is 2. The summed E-state index contributed by atoms with van der Waals surface area (Å²) in [5.74, 6) is -1.70. The molecule has 1 aromatic carbocycles. The van der Waals surface area contributed by atoms with E-state index in [9.17, 15) is 32.7 Å². The molecule has 18 nitrogen and oxygen atoms in total. The smallest absolute Gasteiger partial charge is 0.330 e. The maximum Gasteiger partial charge on any atom is 0.330 e. The third-order valence-electron chi connectivity index (χ3n) is 12.0. The summed E-state index contributed by atoms with van der Waals surface area (Å²) >= 11 is 1.45. The molecule has 6 rings (SSSR count). The van der Waals surface area contributed by atoms with Crippen LogP contribution in [-0.4, -0.2) is 138 Å². The number of pyridine rings is 1. The minimum Gasteiger partial charge on any atom is -0.497 e. The summed E-state index contributed by atoms with van der Waals surface area (Å²) < 4.78 is 40.4. The standard InChI is InChI=1S/C44H63N9O9S2/c1-26(2)45-42-48-34(25-63-42)33-21-36(30-18-17-28(61-9)19-32(30)46-33)62-29-20-35-38(54)50-44(40(56)57)22-27(44)15-13-11-10-12-14-16-31(39(55)53(35)23-29)47-41(58)49-37(43(3,4)5)24-52(8)64(59,60)51(6)7/h13,15,17-19,21,25-27,29,31,35,37H,10-12,14,16,20,22-24H2,1-9H3,(H,45,48)(H,50,54)(H,56,57)(H2,47,49,58)/b15-13-/t27?,29-,31+,35+,37-,44-/m1/s1. The molecule has 20 heteroatoms. The van der Waals surface area contributed by atoms with Crippen LogP contribution in [0.1, 0.15) is 79.6 Å². The lowest BCUT2D eigenvalue weighted by Gasteiger charge is -2.35. The van der Waals surface area contributed by atoms with Crippen molar-refractivity contribution in [2.24, 2.45) is 11.3 Å². The van der Waals surface area contributed by atoms with Crippen LogP contribution in [0.3, 0.4) is 0 Å². The van der Waals surface area contributed by atoms with Crippen molar-refractivity contribution < 1.29 is 42.2 Å². The van der Waals surface area contributed by atoms with Crippen molar-refractivity contribution in [2.45, 2.75) is 115 Å². The van der Waals surface area contributed by atoms with Gasteiger partial charge >= 0.3 is 12.0 Å². The molecule has 2 fully saturated rings. The van der Waals surface area contributed by atoms with Crippen LogP contribution in [0.25, 0.3) is 22.3 Å². The molecule has 4 heterocycles. The first-order valence-electron chi connectivity index (χ1n) is 21.7. The summed E-state index contributed by atoms with van der Waals surface area (Å²) in [5, 5.41) is 25.6. The molecule has 1 unspecified atom stereocenters. The Morgan fingerprint density at radius 3 is 2.52 bits per heavy atom. The van der Waals surface area contributed by atoms with E-state index in [2.05, 4.69) is 21.3 Å². The molecule has 1 saturated carbocycles. The number of carbonyl (C=O) groups excluding carboxylic acids is 3. The minimum absolute atomic E-state index is 0.0277. The van der Waals surface area contributed by atoms with Gasteiger partial charge in [-0.3, -0.25) is 9.59 Å². The molecule has 64 heavy (non-hydrogen) atoms. The number of aliphatic carboxylic acids is 1. The van der Waals surface area contributed by atoms with Crippen LogP contribution in [0.15, 0.2) is 41.8 Å². The van der Waals surface area contributed by atoms with Gasteiger partial charge in [0.1, 0.15) is 40.9 Å². The second kappa shape index (κ2) is 19.6. The van der Waals surface area contributed by atoms with E-state index >= 15 is 0 Å². The van der Waals surface area contributed by atoms with Crippen molar-refractivity contribution in [1.82, 2.24) is 39.4 Å². The Kier molecular flexibility index (Phi) is 14.8. The number of allylic oxidation sites excluding steroid dienone is 1. The van der Waals surface area contributed by atoms with Gasteiger partial charge in [0.05, 0.1) is 24.9 Å². The fourth-order valence-corrected chi connectivity index (χ4v) is 9.83. The molecule has 6 atom stereocenters. The Bertz CT molecular complexity index is 2350. The third kappa shape index (κ3) is 11.1. The van der Waals surface area contributed by atoms with Gasteiger partial charge in [-0.05, 0) is 57.1 Å². The summed E-state index contributed by atoms with van der Waals surface area (Å²) in [6.45, 7) is 9.59. The number of methoxy groups -OCH3 is 1. The number of urea groups is 1. The molecule has 0 spiro atoms. The van der Waals surface area contributed by atoms with E-state index in [1.807, 2.05) is 58.2 Å². The zero-order valence-corrected chi connectivity index (χ0v) is 39.8. The first-order valence-corrected chi connectivity index (χ1v) is 24.0. The van der Waals surface area contributed by atoms with Crippen molar-refractivity contribution in [2.75, 3.05) is 46.7 Å². The van der Waals surface area contributed by atoms with Crippen molar-refractivity contribution in [3.63, 3.8) is 0 Å². The summed E-state index contributed by atoms with van der Waals surface area (Å²) in [5.41, 5.74) is -0.373. The van der Waals surface area contributed by atoms with E-state index in [4.69, 9.17) is 19.4 Å². The number of nitrogens with zero attached hydrogens (tertiary/aromatic N) is 5. The summed E-state index contributed by atoms with van der Waals surface area (Å²) in [7, 11) is 2.07. The van der Waals surface area contributed by atoms with Gasteiger partial charge in [0.15, 0.2) is 5.13 Å². The van der Waals surface area contributed by atoms with E-state index in [1.54, 1.807) is 25.3 Å². The third-order valence-corrected chi connectivity index (χ3v) is 14.7. The molecule has 2 aliphatic heterocycles. The number of carboxylic acids is 1. The highest BCUT2D eigenvalue weighted by Gasteiger charge is 2.61. The van der Waals surface area contributed by atoms with Gasteiger partial charge in [-0.25, -0.2) is 19.6 Å². The molecule has 4 amide bonds. The number of hydrogen-bond donors (Lipinski definition) is 5. The van der Waals surface area contributed by atoms with Gasteiger partial charge in [0.25, 0.3) is 10.2 Å². The number of hydrogen-bond acceptors (Lipinski definition) is 12. The molecular weight excluding hydrogens is 863 g/mol. The number of fused-ring (bicyclic) bond motifs is 3. The van der Waals surface area contributed by atoms with Crippen LogP contribution in [0.4, 0.5) is 9.93 Å². The number of rotatable bonds is 13. The van der Waals surface area contributed by atoms with E-state index in [-0.39, 0.29) is 38.4 Å².